The standard InChI is InChI=1S/C36H36F16N2/c37-29(38,21-13-23(17-5-1-6-17)27(53)24(14-21)18-7-2-8-18)31(41,42)33(45,46)35(49,50)36(51,52)34(47,48)32(43,44)30(39,40)22-15-25(19-9-3-10-19)28(54)26(16-22)20-11-4-12-20/h13-20H,1-12,53-54H2. The molecule has 54 heavy (non-hydrogen) atoms. The highest BCUT2D eigenvalue weighted by Gasteiger charge is 2.95. The van der Waals surface area contributed by atoms with E-state index in [0.717, 1.165) is 0 Å². The zero-order valence-corrected chi connectivity index (χ0v) is 28.3. The first kappa shape index (κ1) is 40.6. The molecule has 0 bridgehead atoms. The van der Waals surface area contributed by atoms with E-state index in [1.165, 1.54) is 0 Å². The molecular formula is C36H36F16N2. The second-order valence-electron chi connectivity index (χ2n) is 15.2. The minimum Gasteiger partial charge on any atom is -0.398 e. The Morgan fingerprint density at radius 3 is 0.685 bits per heavy atom. The summed E-state index contributed by atoms with van der Waals surface area (Å²) < 4.78 is 244. The fraction of sp³-hybridized carbons (Fsp3) is 0.667. The van der Waals surface area contributed by atoms with Gasteiger partial charge in [0.05, 0.1) is 0 Å². The molecule has 0 spiro atoms. The van der Waals surface area contributed by atoms with E-state index in [4.69, 9.17) is 11.5 Å². The van der Waals surface area contributed by atoms with E-state index in [1.54, 1.807) is 0 Å². The maximum absolute atomic E-state index is 15.5. The lowest BCUT2D eigenvalue weighted by Gasteiger charge is -2.44. The van der Waals surface area contributed by atoms with Gasteiger partial charge in [-0.3, -0.25) is 0 Å². The van der Waals surface area contributed by atoms with Crippen LogP contribution in [0.25, 0.3) is 0 Å². The van der Waals surface area contributed by atoms with E-state index >= 15 is 70.2 Å². The Labute approximate surface area is 299 Å². The van der Waals surface area contributed by atoms with Gasteiger partial charge in [-0.05, 0) is 122 Å². The summed E-state index contributed by atoms with van der Waals surface area (Å²) in [4.78, 5) is 0. The minimum atomic E-state index is -8.51. The zero-order valence-electron chi connectivity index (χ0n) is 28.3. The van der Waals surface area contributed by atoms with Crippen molar-refractivity contribution in [2.45, 2.75) is 148 Å². The van der Waals surface area contributed by atoms with Gasteiger partial charge in [-0.1, -0.05) is 25.7 Å². The van der Waals surface area contributed by atoms with E-state index in [1.807, 2.05) is 0 Å². The number of anilines is 2. The van der Waals surface area contributed by atoms with Crippen LogP contribution in [0.4, 0.5) is 81.6 Å². The summed E-state index contributed by atoms with van der Waals surface area (Å²) >= 11 is 0. The van der Waals surface area contributed by atoms with E-state index in [9.17, 15) is 0 Å². The largest absolute Gasteiger partial charge is 0.398 e. The van der Waals surface area contributed by atoms with Crippen LogP contribution in [-0.4, -0.2) is 35.5 Å². The summed E-state index contributed by atoms with van der Waals surface area (Å²) in [6.07, 6.45) is 4.23. The average molecular weight is 801 g/mol. The third-order valence-electron chi connectivity index (χ3n) is 12.2. The number of hydrogen-bond donors (Lipinski definition) is 2. The van der Waals surface area contributed by atoms with Crippen molar-refractivity contribution >= 4 is 11.4 Å². The van der Waals surface area contributed by atoms with Gasteiger partial charge in [-0.25, -0.2) is 0 Å². The van der Waals surface area contributed by atoms with Gasteiger partial charge in [0.25, 0.3) is 0 Å². The lowest BCUT2D eigenvalue weighted by Crippen LogP contribution is -2.74. The van der Waals surface area contributed by atoms with Crippen molar-refractivity contribution in [2.75, 3.05) is 11.5 Å². The van der Waals surface area contributed by atoms with Crippen LogP contribution >= 0.6 is 0 Å². The van der Waals surface area contributed by atoms with Crippen LogP contribution in [0.15, 0.2) is 24.3 Å². The molecule has 4 N–H and O–H groups in total. The maximum Gasteiger partial charge on any atom is 0.385 e. The Bertz CT molecular complexity index is 1560. The number of halogens is 16. The lowest BCUT2D eigenvalue weighted by molar-refractivity contribution is -0.456. The number of rotatable bonds is 13. The highest BCUT2D eigenvalue weighted by atomic mass is 19.4. The van der Waals surface area contributed by atoms with E-state index in [-0.39, 0.29) is 109 Å². The molecule has 4 aliphatic rings. The molecule has 0 radical (unpaired) electrons. The van der Waals surface area contributed by atoms with Gasteiger partial charge < -0.3 is 11.5 Å². The molecule has 2 aromatic carbocycles. The minimum absolute atomic E-state index is 0.167. The first-order valence-corrected chi connectivity index (χ1v) is 17.6. The van der Waals surface area contributed by atoms with Gasteiger partial charge in [0.2, 0.25) is 0 Å². The Morgan fingerprint density at radius 1 is 0.333 bits per heavy atom. The van der Waals surface area contributed by atoms with Crippen molar-refractivity contribution in [3.63, 3.8) is 0 Å². The van der Waals surface area contributed by atoms with Gasteiger partial charge in [0, 0.05) is 22.5 Å². The molecular weight excluding hydrogens is 764 g/mol. The zero-order chi connectivity index (χ0) is 40.2. The summed E-state index contributed by atoms with van der Waals surface area (Å²) in [5.74, 6) is -64.7. The summed E-state index contributed by atoms with van der Waals surface area (Å²) in [7, 11) is 0. The van der Waals surface area contributed by atoms with Gasteiger partial charge >= 0.3 is 47.4 Å². The molecule has 4 aliphatic carbocycles. The van der Waals surface area contributed by atoms with Crippen LogP contribution < -0.4 is 11.5 Å². The highest BCUT2D eigenvalue weighted by Crippen LogP contribution is 2.66. The summed E-state index contributed by atoms with van der Waals surface area (Å²) in [6, 6.07) is 0.807. The molecule has 0 heterocycles. The number of nitrogens with two attached hydrogens (primary N) is 2. The molecule has 0 amide bonds. The predicted molar refractivity (Wildman–Crippen MR) is 166 cm³/mol. The molecule has 4 saturated carbocycles. The highest BCUT2D eigenvalue weighted by molar-refractivity contribution is 5.61. The second-order valence-corrected chi connectivity index (χ2v) is 15.2. The quantitative estimate of drug-likeness (QED) is 0.157. The van der Waals surface area contributed by atoms with E-state index < -0.39 is 82.2 Å². The Hall–Kier alpha value is -3.08. The van der Waals surface area contributed by atoms with Gasteiger partial charge in [0.1, 0.15) is 0 Å². The third-order valence-corrected chi connectivity index (χ3v) is 12.2. The van der Waals surface area contributed by atoms with Crippen molar-refractivity contribution in [2.24, 2.45) is 0 Å². The van der Waals surface area contributed by atoms with Crippen molar-refractivity contribution in [3.05, 3.63) is 57.6 Å². The normalized spacial score (nSPS) is 20.7. The molecule has 6 rings (SSSR count). The van der Waals surface area contributed by atoms with Crippen molar-refractivity contribution in [3.8, 4) is 0 Å². The van der Waals surface area contributed by atoms with Crippen LogP contribution in [0.2, 0.25) is 0 Å². The summed E-state index contributed by atoms with van der Waals surface area (Å²) in [5.41, 5.74) is 6.61. The second kappa shape index (κ2) is 12.7. The summed E-state index contributed by atoms with van der Waals surface area (Å²) in [5, 5.41) is 0. The van der Waals surface area contributed by atoms with Gasteiger partial charge in [-0.15, -0.1) is 0 Å². The van der Waals surface area contributed by atoms with Crippen molar-refractivity contribution in [1.29, 1.82) is 0 Å². The molecule has 4 fully saturated rings. The SMILES string of the molecule is Nc1c(C2CCC2)cc(C(F)(F)C(F)(F)C(F)(F)C(F)(F)C(F)(F)C(F)(F)C(F)(F)C(F)(F)c2cc(C3CCC3)c(N)c(C3CCC3)c2)cc1C1CCC1. The molecule has 302 valence electrons. The van der Waals surface area contributed by atoms with Crippen LogP contribution in [0.5, 0.6) is 0 Å². The molecule has 0 aliphatic heterocycles. The van der Waals surface area contributed by atoms with E-state index in [2.05, 4.69) is 0 Å². The number of nitrogen functional groups attached to an aromatic ring is 2. The smallest absolute Gasteiger partial charge is 0.385 e. The molecule has 18 heteroatoms. The van der Waals surface area contributed by atoms with Gasteiger partial charge in [-0.2, -0.15) is 70.2 Å². The monoisotopic (exact) mass is 800 g/mol. The topological polar surface area (TPSA) is 52.0 Å². The number of hydrogen-bond acceptors (Lipinski definition) is 2. The predicted octanol–water partition coefficient (Wildman–Crippen LogP) is 12.6. The van der Waals surface area contributed by atoms with Crippen LogP contribution in [-0.2, 0) is 11.8 Å². The van der Waals surface area contributed by atoms with Crippen LogP contribution in [0.1, 0.15) is 134 Å². The maximum atomic E-state index is 15.5. The first-order valence-electron chi connectivity index (χ1n) is 17.6. The Kier molecular flexibility index (Phi) is 9.56. The van der Waals surface area contributed by atoms with E-state index in [0.29, 0.717) is 25.7 Å². The summed E-state index contributed by atoms with van der Waals surface area (Å²) in [6.45, 7) is 0. The first-order chi connectivity index (χ1) is 24.7. The molecule has 0 unspecified atom stereocenters. The Balaban J connectivity index is 1.39. The fourth-order valence-electron chi connectivity index (χ4n) is 7.53. The third kappa shape index (κ3) is 5.42. The fourth-order valence-corrected chi connectivity index (χ4v) is 7.53. The van der Waals surface area contributed by atoms with Crippen LogP contribution in [0.3, 0.4) is 0 Å². The van der Waals surface area contributed by atoms with Crippen LogP contribution in [0, 0.1) is 0 Å². The van der Waals surface area contributed by atoms with Gasteiger partial charge in [0.15, 0.2) is 0 Å². The number of benzene rings is 2. The molecule has 2 nitrogen and oxygen atoms in total. The lowest BCUT2D eigenvalue weighted by atomic mass is 9.73. The molecule has 0 atom stereocenters. The molecule has 0 saturated heterocycles. The molecule has 0 aromatic heterocycles. The number of alkyl halides is 16. The average Bonchev–Trinajstić information content (AvgIpc) is 2.96. The van der Waals surface area contributed by atoms with Crippen molar-refractivity contribution in [1.82, 2.24) is 0 Å². The Morgan fingerprint density at radius 2 is 0.519 bits per heavy atom. The molecule has 2 aromatic rings. The van der Waals surface area contributed by atoms with Crippen molar-refractivity contribution < 1.29 is 70.2 Å².